The van der Waals surface area contributed by atoms with Crippen molar-refractivity contribution in [1.29, 1.82) is 0 Å². The van der Waals surface area contributed by atoms with Gasteiger partial charge in [-0.1, -0.05) is 32.9 Å². The van der Waals surface area contributed by atoms with E-state index in [1.165, 1.54) is 31.3 Å². The summed E-state index contributed by atoms with van der Waals surface area (Å²) in [7, 11) is 1.42. The molecule has 7 nitrogen and oxygen atoms in total. The molecule has 0 aliphatic rings. The molecule has 10 heteroatoms. The molecule has 2 N–H and O–H groups in total. The van der Waals surface area contributed by atoms with E-state index in [9.17, 15) is 27.9 Å². The van der Waals surface area contributed by atoms with Gasteiger partial charge in [-0.3, -0.25) is 13.9 Å². The van der Waals surface area contributed by atoms with Crippen molar-refractivity contribution >= 4 is 22.4 Å². The van der Waals surface area contributed by atoms with Crippen molar-refractivity contribution < 1.29 is 18.3 Å². The second-order valence-corrected chi connectivity index (χ2v) is 10.0. The van der Waals surface area contributed by atoms with Crippen molar-refractivity contribution in [2.24, 2.45) is 12.5 Å². The van der Waals surface area contributed by atoms with Gasteiger partial charge < -0.3 is 15.0 Å². The SMILES string of the molecule is Cn1c(=O)c2c(Nc3ccc(O)cc3)n(Cc3ccc(C(F)(F)F)cc3)cc2n(CC(C)(C)C)c1=O. The van der Waals surface area contributed by atoms with E-state index >= 15 is 0 Å². The molecule has 0 spiro atoms. The molecule has 0 radical (unpaired) electrons. The van der Waals surface area contributed by atoms with Crippen molar-refractivity contribution in [3.8, 4) is 5.75 Å². The molecule has 0 aliphatic heterocycles. The number of benzene rings is 2. The summed E-state index contributed by atoms with van der Waals surface area (Å²) >= 11 is 0. The number of halogens is 3. The van der Waals surface area contributed by atoms with Gasteiger partial charge in [0.05, 0.1) is 11.1 Å². The number of aromatic hydroxyl groups is 1. The fraction of sp³-hybridized carbons (Fsp3) is 0.308. The van der Waals surface area contributed by atoms with Crippen LogP contribution < -0.4 is 16.6 Å². The van der Waals surface area contributed by atoms with Gasteiger partial charge in [-0.05, 0) is 47.4 Å². The first-order valence-corrected chi connectivity index (χ1v) is 11.3. The molecule has 0 bridgehead atoms. The quantitative estimate of drug-likeness (QED) is 0.375. The number of aromatic nitrogens is 3. The van der Waals surface area contributed by atoms with Crippen molar-refractivity contribution in [2.75, 3.05) is 5.32 Å². The summed E-state index contributed by atoms with van der Waals surface area (Å²) in [5.74, 6) is 0.458. The number of nitrogens with zero attached hydrogens (tertiary/aromatic N) is 3. The lowest BCUT2D eigenvalue weighted by atomic mass is 9.97. The molecule has 0 aliphatic carbocycles. The number of phenols is 1. The molecule has 0 unspecified atom stereocenters. The van der Waals surface area contributed by atoms with E-state index < -0.39 is 23.0 Å². The lowest BCUT2D eigenvalue weighted by Gasteiger charge is -2.21. The number of rotatable bonds is 5. The van der Waals surface area contributed by atoms with E-state index in [0.29, 0.717) is 29.1 Å². The first-order chi connectivity index (χ1) is 16.7. The monoisotopic (exact) mass is 500 g/mol. The van der Waals surface area contributed by atoms with Crippen LogP contribution >= 0.6 is 0 Å². The van der Waals surface area contributed by atoms with Gasteiger partial charge in [-0.15, -0.1) is 0 Å². The third kappa shape index (κ3) is 5.02. The van der Waals surface area contributed by atoms with Crippen molar-refractivity contribution in [3.63, 3.8) is 0 Å². The summed E-state index contributed by atoms with van der Waals surface area (Å²) in [6, 6.07) is 11.0. The Morgan fingerprint density at radius 3 is 2.11 bits per heavy atom. The zero-order valence-electron chi connectivity index (χ0n) is 20.3. The minimum absolute atomic E-state index is 0.0699. The Balaban J connectivity index is 1.92. The van der Waals surface area contributed by atoms with Gasteiger partial charge in [0.1, 0.15) is 17.0 Å². The van der Waals surface area contributed by atoms with E-state index in [2.05, 4.69) is 5.32 Å². The van der Waals surface area contributed by atoms with Crippen LogP contribution in [-0.4, -0.2) is 18.8 Å². The maximum atomic E-state index is 13.3. The van der Waals surface area contributed by atoms with Crippen LogP contribution in [0.5, 0.6) is 5.75 Å². The number of nitrogens with one attached hydrogen (secondary N) is 1. The van der Waals surface area contributed by atoms with E-state index in [4.69, 9.17) is 0 Å². The molecule has 0 atom stereocenters. The Labute approximate surface area is 205 Å². The van der Waals surface area contributed by atoms with Crippen LogP contribution in [-0.2, 0) is 26.3 Å². The Morgan fingerprint density at radius 2 is 1.56 bits per heavy atom. The number of hydrogen-bond acceptors (Lipinski definition) is 4. The lowest BCUT2D eigenvalue weighted by Crippen LogP contribution is -2.39. The Bertz CT molecular complexity index is 1520. The van der Waals surface area contributed by atoms with Gasteiger partial charge >= 0.3 is 11.9 Å². The number of anilines is 2. The topological polar surface area (TPSA) is 81.2 Å². The Morgan fingerprint density at radius 1 is 0.944 bits per heavy atom. The smallest absolute Gasteiger partial charge is 0.416 e. The largest absolute Gasteiger partial charge is 0.508 e. The molecule has 0 saturated heterocycles. The average Bonchev–Trinajstić information content (AvgIpc) is 3.13. The second-order valence-electron chi connectivity index (χ2n) is 10.0. The van der Waals surface area contributed by atoms with Crippen LogP contribution in [0.4, 0.5) is 24.7 Å². The molecule has 0 saturated carbocycles. The summed E-state index contributed by atoms with van der Waals surface area (Å²) in [6.45, 7) is 6.43. The first-order valence-electron chi connectivity index (χ1n) is 11.3. The number of phenolic OH excluding ortho intramolecular Hbond substituents is 1. The number of alkyl halides is 3. The zero-order valence-corrected chi connectivity index (χ0v) is 20.3. The highest BCUT2D eigenvalue weighted by atomic mass is 19.4. The molecular formula is C26H27F3N4O3. The van der Waals surface area contributed by atoms with Gasteiger partial charge in [0.2, 0.25) is 0 Å². The molecule has 190 valence electrons. The minimum Gasteiger partial charge on any atom is -0.508 e. The highest BCUT2D eigenvalue weighted by molar-refractivity contribution is 5.92. The molecule has 2 heterocycles. The fourth-order valence-electron chi connectivity index (χ4n) is 4.06. The molecule has 2 aromatic carbocycles. The van der Waals surface area contributed by atoms with Crippen LogP contribution in [0.3, 0.4) is 0 Å². The van der Waals surface area contributed by atoms with Crippen molar-refractivity contribution in [2.45, 2.75) is 40.0 Å². The molecular weight excluding hydrogens is 473 g/mol. The predicted octanol–water partition coefficient (Wildman–Crippen LogP) is 5.06. The van der Waals surface area contributed by atoms with E-state index in [1.54, 1.807) is 27.5 Å². The van der Waals surface area contributed by atoms with Crippen molar-refractivity contribution in [1.82, 2.24) is 13.7 Å². The molecule has 36 heavy (non-hydrogen) atoms. The lowest BCUT2D eigenvalue weighted by molar-refractivity contribution is -0.137. The third-order valence-corrected chi connectivity index (χ3v) is 5.78. The highest BCUT2D eigenvalue weighted by Gasteiger charge is 2.30. The normalized spacial score (nSPS) is 12.3. The summed E-state index contributed by atoms with van der Waals surface area (Å²) < 4.78 is 43.4. The summed E-state index contributed by atoms with van der Waals surface area (Å²) in [5.41, 5.74) is -0.382. The van der Waals surface area contributed by atoms with Crippen LogP contribution in [0.2, 0.25) is 0 Å². The van der Waals surface area contributed by atoms with E-state index in [-0.39, 0.29) is 23.1 Å². The van der Waals surface area contributed by atoms with Crippen LogP contribution in [0.15, 0.2) is 64.3 Å². The van der Waals surface area contributed by atoms with Gasteiger partial charge in [-0.25, -0.2) is 4.79 Å². The van der Waals surface area contributed by atoms with Gasteiger partial charge in [0, 0.05) is 32.0 Å². The number of fused-ring (bicyclic) bond motifs is 1. The summed E-state index contributed by atoms with van der Waals surface area (Å²) in [6.07, 6.45) is -2.77. The average molecular weight is 501 g/mol. The van der Waals surface area contributed by atoms with Crippen LogP contribution in [0.1, 0.15) is 31.9 Å². The number of hydrogen-bond donors (Lipinski definition) is 2. The molecule has 0 amide bonds. The molecule has 2 aromatic heterocycles. The Kier molecular flexibility index (Phi) is 6.24. The van der Waals surface area contributed by atoms with E-state index in [0.717, 1.165) is 16.7 Å². The minimum atomic E-state index is -4.44. The molecule has 4 rings (SSSR count). The second kappa shape index (κ2) is 8.92. The fourth-order valence-corrected chi connectivity index (χ4v) is 4.06. The van der Waals surface area contributed by atoms with E-state index in [1.807, 2.05) is 20.8 Å². The highest BCUT2D eigenvalue weighted by Crippen LogP contribution is 2.31. The third-order valence-electron chi connectivity index (χ3n) is 5.78. The maximum absolute atomic E-state index is 13.3. The van der Waals surface area contributed by atoms with Crippen molar-refractivity contribution in [3.05, 3.63) is 86.7 Å². The maximum Gasteiger partial charge on any atom is 0.416 e. The standard InChI is InChI=1S/C26H27F3N4O3/c1-25(2,3)15-33-20-14-32(13-16-5-7-17(8-6-16)26(27,28)29)22(21(20)23(35)31(4)24(33)36)30-18-9-11-19(34)12-10-18/h5-12,14,30,34H,13,15H2,1-4H3. The zero-order chi connectivity index (χ0) is 26.4. The van der Waals surface area contributed by atoms with Gasteiger partial charge in [0.25, 0.3) is 5.56 Å². The van der Waals surface area contributed by atoms with Gasteiger partial charge in [0.15, 0.2) is 0 Å². The molecule has 4 aromatic rings. The molecule has 0 fully saturated rings. The first kappa shape index (κ1) is 25.2. The summed E-state index contributed by atoms with van der Waals surface area (Å²) in [4.78, 5) is 26.3. The van der Waals surface area contributed by atoms with Crippen LogP contribution in [0, 0.1) is 5.41 Å². The van der Waals surface area contributed by atoms with Gasteiger partial charge in [-0.2, -0.15) is 13.2 Å². The summed E-state index contributed by atoms with van der Waals surface area (Å²) in [5, 5.41) is 13.1. The predicted molar refractivity (Wildman–Crippen MR) is 133 cm³/mol. The Hall–Kier alpha value is -3.95. The van der Waals surface area contributed by atoms with Crippen LogP contribution in [0.25, 0.3) is 10.9 Å².